The summed E-state index contributed by atoms with van der Waals surface area (Å²) in [5.41, 5.74) is 1.54. The highest BCUT2D eigenvalue weighted by molar-refractivity contribution is 5.91. The van der Waals surface area contributed by atoms with Crippen LogP contribution in [0.5, 0.6) is 0 Å². The average Bonchev–Trinajstić information content (AvgIpc) is 3.03. The van der Waals surface area contributed by atoms with E-state index in [1.807, 2.05) is 6.08 Å². The maximum Gasteiger partial charge on any atom is 0.155 e. The number of rotatable bonds is 5. The van der Waals surface area contributed by atoms with Gasteiger partial charge in [-0.15, -0.1) is 0 Å². The molecule has 0 heterocycles. The van der Waals surface area contributed by atoms with Crippen LogP contribution in [0.4, 0.5) is 0 Å². The van der Waals surface area contributed by atoms with Crippen molar-refractivity contribution in [2.45, 2.75) is 98.5 Å². The lowest BCUT2D eigenvalue weighted by Crippen LogP contribution is -2.53. The van der Waals surface area contributed by atoms with Crippen LogP contribution in [-0.2, 0) is 4.79 Å². The van der Waals surface area contributed by atoms with Crippen LogP contribution in [0.25, 0.3) is 0 Å². The third kappa shape index (κ3) is 3.55. The van der Waals surface area contributed by atoms with Crippen LogP contribution in [0, 0.1) is 46.3 Å². The van der Waals surface area contributed by atoms with Crippen LogP contribution in [-0.4, -0.2) is 17.0 Å². The molecule has 4 aliphatic rings. The second-order valence-corrected chi connectivity index (χ2v) is 11.9. The zero-order valence-corrected chi connectivity index (χ0v) is 20.0. The Bertz CT molecular complexity index is 718. The minimum Gasteiger partial charge on any atom is -0.389 e. The number of carbonyl (C=O) groups is 1. The highest BCUT2D eigenvalue weighted by Gasteiger charge is 2.60. The molecular formula is C28H44O2. The second kappa shape index (κ2) is 8.23. The lowest BCUT2D eigenvalue weighted by Gasteiger charge is -2.59. The zero-order chi connectivity index (χ0) is 21.7. The standard InChI is InChI=1S/C28H44O2/c1-6-19(18(2)3)8-7-9-20-10-11-23-22-17-26(30)25-16-21(29)12-14-28(25,5)24(22)13-15-27(20,23)4/h7-8,16,18-20,22-24,26,30H,6,9-15,17H2,1-5H3/b8-7+. The summed E-state index contributed by atoms with van der Waals surface area (Å²) in [5, 5.41) is 11.0. The Labute approximate surface area is 184 Å². The van der Waals surface area contributed by atoms with Crippen LogP contribution >= 0.6 is 0 Å². The third-order valence-corrected chi connectivity index (χ3v) is 10.3. The molecule has 0 aromatic carbocycles. The van der Waals surface area contributed by atoms with Gasteiger partial charge in [-0.3, -0.25) is 4.79 Å². The predicted octanol–water partition coefficient (Wildman–Crippen LogP) is 6.73. The molecule has 0 aromatic rings. The third-order valence-electron chi connectivity index (χ3n) is 10.3. The van der Waals surface area contributed by atoms with Crippen molar-refractivity contribution in [3.8, 4) is 0 Å². The lowest BCUT2D eigenvalue weighted by molar-refractivity contribution is -0.119. The fourth-order valence-electron chi connectivity index (χ4n) is 8.35. The number of allylic oxidation sites excluding steroid dienone is 2. The zero-order valence-electron chi connectivity index (χ0n) is 20.0. The first-order valence-electron chi connectivity index (χ1n) is 12.8. The first-order valence-corrected chi connectivity index (χ1v) is 12.8. The fourth-order valence-corrected chi connectivity index (χ4v) is 8.35. The molecule has 30 heavy (non-hydrogen) atoms. The van der Waals surface area contributed by atoms with Crippen LogP contribution in [0.1, 0.15) is 92.4 Å². The maximum absolute atomic E-state index is 12.1. The van der Waals surface area contributed by atoms with Crippen molar-refractivity contribution in [2.24, 2.45) is 46.3 Å². The van der Waals surface area contributed by atoms with Crippen molar-refractivity contribution >= 4 is 5.78 Å². The van der Waals surface area contributed by atoms with Crippen LogP contribution in [0.2, 0.25) is 0 Å². The minimum absolute atomic E-state index is 0.0428. The van der Waals surface area contributed by atoms with Gasteiger partial charge in [-0.25, -0.2) is 0 Å². The van der Waals surface area contributed by atoms with Gasteiger partial charge in [0.1, 0.15) is 0 Å². The number of aliphatic hydroxyl groups is 1. The Morgan fingerprint density at radius 1 is 1.17 bits per heavy atom. The summed E-state index contributed by atoms with van der Waals surface area (Å²) in [7, 11) is 0. The molecule has 0 aromatic heterocycles. The fraction of sp³-hybridized carbons (Fsp3) is 0.821. The summed E-state index contributed by atoms with van der Waals surface area (Å²) in [4.78, 5) is 12.1. The van der Waals surface area contributed by atoms with Crippen molar-refractivity contribution < 1.29 is 9.90 Å². The van der Waals surface area contributed by atoms with E-state index in [0.29, 0.717) is 29.6 Å². The maximum atomic E-state index is 12.1. The van der Waals surface area contributed by atoms with Crippen molar-refractivity contribution in [3.05, 3.63) is 23.8 Å². The van der Waals surface area contributed by atoms with E-state index in [9.17, 15) is 9.90 Å². The van der Waals surface area contributed by atoms with Crippen LogP contribution < -0.4 is 0 Å². The molecule has 0 saturated heterocycles. The van der Waals surface area contributed by atoms with Gasteiger partial charge >= 0.3 is 0 Å². The number of hydrogen-bond donors (Lipinski definition) is 1. The molecule has 0 aliphatic heterocycles. The van der Waals surface area contributed by atoms with E-state index in [1.165, 1.54) is 38.5 Å². The Balaban J connectivity index is 1.52. The molecule has 0 amide bonds. The Morgan fingerprint density at radius 2 is 1.93 bits per heavy atom. The molecule has 4 rings (SSSR count). The van der Waals surface area contributed by atoms with Gasteiger partial charge in [0, 0.05) is 6.42 Å². The first kappa shape index (κ1) is 22.3. The summed E-state index contributed by atoms with van der Waals surface area (Å²) in [6.45, 7) is 11.9. The highest BCUT2D eigenvalue weighted by atomic mass is 16.3. The average molecular weight is 413 g/mol. The van der Waals surface area contributed by atoms with E-state index in [-0.39, 0.29) is 11.2 Å². The van der Waals surface area contributed by atoms with E-state index in [4.69, 9.17) is 0 Å². The second-order valence-electron chi connectivity index (χ2n) is 11.9. The van der Waals surface area contributed by atoms with Crippen molar-refractivity contribution in [1.29, 1.82) is 0 Å². The first-order chi connectivity index (χ1) is 14.2. The number of carbonyl (C=O) groups excluding carboxylic acids is 1. The molecule has 8 unspecified atom stereocenters. The summed E-state index contributed by atoms with van der Waals surface area (Å²) >= 11 is 0. The monoisotopic (exact) mass is 412 g/mol. The lowest BCUT2D eigenvalue weighted by atomic mass is 9.46. The van der Waals surface area contributed by atoms with E-state index >= 15 is 0 Å². The summed E-state index contributed by atoms with van der Waals surface area (Å²) < 4.78 is 0. The van der Waals surface area contributed by atoms with Gasteiger partial charge in [0.15, 0.2) is 5.78 Å². The SMILES string of the molecule is CCC(/C=C/CC1CCC2C3CC(O)C4=CC(=O)CCC4(C)C3CCC12C)C(C)C. The van der Waals surface area contributed by atoms with Crippen LogP contribution in [0.15, 0.2) is 23.8 Å². The molecule has 2 nitrogen and oxygen atoms in total. The predicted molar refractivity (Wildman–Crippen MR) is 124 cm³/mol. The highest BCUT2D eigenvalue weighted by Crippen LogP contribution is 2.67. The smallest absolute Gasteiger partial charge is 0.155 e. The van der Waals surface area contributed by atoms with Crippen molar-refractivity contribution in [2.75, 3.05) is 0 Å². The van der Waals surface area contributed by atoms with Gasteiger partial charge in [-0.05, 0) is 109 Å². The Morgan fingerprint density at radius 3 is 2.63 bits per heavy atom. The number of fused-ring (bicyclic) bond motifs is 5. The van der Waals surface area contributed by atoms with Crippen molar-refractivity contribution in [1.82, 2.24) is 0 Å². The van der Waals surface area contributed by atoms with Gasteiger partial charge in [-0.2, -0.15) is 0 Å². The Hall–Kier alpha value is -0.890. The van der Waals surface area contributed by atoms with Gasteiger partial charge in [0.2, 0.25) is 0 Å². The molecule has 0 spiro atoms. The van der Waals surface area contributed by atoms with Gasteiger partial charge < -0.3 is 5.11 Å². The molecular weight excluding hydrogens is 368 g/mol. The molecule has 2 heteroatoms. The van der Waals surface area contributed by atoms with Gasteiger partial charge in [-0.1, -0.05) is 46.8 Å². The van der Waals surface area contributed by atoms with E-state index in [0.717, 1.165) is 36.2 Å². The Kier molecular flexibility index (Phi) is 6.12. The molecule has 8 atom stereocenters. The van der Waals surface area contributed by atoms with E-state index < -0.39 is 6.10 Å². The molecule has 1 N–H and O–H groups in total. The number of hydrogen-bond acceptors (Lipinski definition) is 2. The number of aliphatic hydroxyl groups excluding tert-OH is 1. The van der Waals surface area contributed by atoms with E-state index in [1.54, 1.807) is 0 Å². The molecule has 3 fully saturated rings. The normalized spacial score (nSPS) is 44.6. The summed E-state index contributed by atoms with van der Waals surface area (Å²) in [6, 6.07) is 0. The van der Waals surface area contributed by atoms with Gasteiger partial charge in [0.05, 0.1) is 6.10 Å². The molecule has 0 radical (unpaired) electrons. The molecule has 3 saturated carbocycles. The molecule has 0 bridgehead atoms. The quantitative estimate of drug-likeness (QED) is 0.508. The van der Waals surface area contributed by atoms with Crippen LogP contribution in [0.3, 0.4) is 0 Å². The molecule has 168 valence electrons. The number of ketones is 1. The summed E-state index contributed by atoms with van der Waals surface area (Å²) in [6.07, 6.45) is 16.6. The van der Waals surface area contributed by atoms with E-state index in [2.05, 4.69) is 46.8 Å². The topological polar surface area (TPSA) is 37.3 Å². The van der Waals surface area contributed by atoms with Crippen molar-refractivity contribution in [3.63, 3.8) is 0 Å². The summed E-state index contributed by atoms with van der Waals surface area (Å²) in [5.74, 6) is 4.47. The minimum atomic E-state index is -0.404. The largest absolute Gasteiger partial charge is 0.389 e. The van der Waals surface area contributed by atoms with Gasteiger partial charge in [0.25, 0.3) is 0 Å². The molecule has 4 aliphatic carbocycles.